The molecule has 1 N–H and O–H groups in total. The predicted molar refractivity (Wildman–Crippen MR) is 72.6 cm³/mol. The highest BCUT2D eigenvalue weighted by molar-refractivity contribution is 9.07. The maximum Gasteiger partial charge on any atom is 0.234 e. The number of nitrogens with zero attached hydrogens (tertiary/aromatic N) is 2. The Balaban J connectivity index is 1.92. The van der Waals surface area contributed by atoms with Gasteiger partial charge in [0.15, 0.2) is 6.67 Å². The summed E-state index contributed by atoms with van der Waals surface area (Å²) < 4.78 is 1.96. The topological polar surface area (TPSA) is 20.0 Å². The molecule has 3 rings (SSSR count). The van der Waals surface area contributed by atoms with Crippen LogP contribution < -0.4 is 4.90 Å². The van der Waals surface area contributed by atoms with Gasteiger partial charge in [0.25, 0.3) is 0 Å². The number of halogens is 2. The third kappa shape index (κ3) is 2.16. The summed E-state index contributed by atoms with van der Waals surface area (Å²) in [7, 11) is 0. The molecule has 0 aromatic heterocycles. The van der Waals surface area contributed by atoms with Crippen LogP contribution in [0.4, 0.5) is 0 Å². The predicted octanol–water partition coefficient (Wildman–Crippen LogP) is 2.03. The van der Waals surface area contributed by atoms with Gasteiger partial charge in [0.05, 0.1) is 16.1 Å². The number of amidine groups is 1. The van der Waals surface area contributed by atoms with Gasteiger partial charge in [0.1, 0.15) is 11.9 Å². The number of rotatable bonds is 1. The smallest absolute Gasteiger partial charge is 0.234 e. The van der Waals surface area contributed by atoms with Crippen LogP contribution >= 0.6 is 27.7 Å². The number of hydrogen-bond donors (Lipinski definition) is 1. The number of aliphatic imine (C=N–C) groups is 1. The van der Waals surface area contributed by atoms with Crippen molar-refractivity contribution in [1.82, 2.24) is 3.93 Å². The van der Waals surface area contributed by atoms with E-state index in [1.807, 2.05) is 40.5 Å². The zero-order valence-electron chi connectivity index (χ0n) is 8.90. The van der Waals surface area contributed by atoms with Crippen LogP contribution in [0, 0.1) is 0 Å². The Hall–Kier alpha value is -1.10. The quantitative estimate of drug-likeness (QED) is 0.787. The first kappa shape index (κ1) is 11.0. The van der Waals surface area contributed by atoms with Crippen molar-refractivity contribution in [2.24, 2.45) is 4.99 Å². The van der Waals surface area contributed by atoms with E-state index in [0.29, 0.717) is 0 Å². The Bertz CT molecular complexity index is 533. The van der Waals surface area contributed by atoms with Crippen LogP contribution in [0.3, 0.4) is 0 Å². The summed E-state index contributed by atoms with van der Waals surface area (Å²) in [5.41, 5.74) is 2.09. The molecule has 5 heteroatoms. The average Bonchev–Trinajstić information content (AvgIpc) is 2.72. The minimum absolute atomic E-state index is 0.747. The van der Waals surface area contributed by atoms with E-state index in [1.165, 1.54) is 4.90 Å². The van der Waals surface area contributed by atoms with Gasteiger partial charge in [-0.2, -0.15) is 4.99 Å². The highest BCUT2D eigenvalue weighted by Crippen LogP contribution is 2.20. The lowest BCUT2D eigenvalue weighted by molar-refractivity contribution is -0.753. The molecule has 2 aliphatic heterocycles. The van der Waals surface area contributed by atoms with Crippen molar-refractivity contribution in [1.29, 1.82) is 0 Å². The van der Waals surface area contributed by atoms with Crippen LogP contribution in [0.2, 0.25) is 5.02 Å². The Kier molecular flexibility index (Phi) is 2.78. The van der Waals surface area contributed by atoms with E-state index in [9.17, 15) is 0 Å². The maximum absolute atomic E-state index is 5.87. The van der Waals surface area contributed by atoms with Crippen molar-refractivity contribution < 1.29 is 4.90 Å². The molecule has 1 unspecified atom stereocenters. The summed E-state index contributed by atoms with van der Waals surface area (Å²) >= 11 is 9.31. The van der Waals surface area contributed by atoms with Crippen LogP contribution in [0.5, 0.6) is 0 Å². The van der Waals surface area contributed by atoms with Crippen molar-refractivity contribution in [3.63, 3.8) is 0 Å². The molecule has 0 spiro atoms. The second kappa shape index (κ2) is 4.29. The van der Waals surface area contributed by atoms with E-state index in [4.69, 9.17) is 11.6 Å². The third-order valence-corrected chi connectivity index (χ3v) is 3.48. The van der Waals surface area contributed by atoms with Crippen LogP contribution in [0.15, 0.2) is 47.7 Å². The van der Waals surface area contributed by atoms with Gasteiger partial charge >= 0.3 is 0 Å². The summed E-state index contributed by atoms with van der Waals surface area (Å²) in [6.45, 7) is 0.840. The molecule has 0 saturated heterocycles. The molecule has 0 saturated carbocycles. The van der Waals surface area contributed by atoms with Gasteiger partial charge in [-0.25, -0.2) is 4.90 Å². The van der Waals surface area contributed by atoms with Crippen LogP contribution in [0.25, 0.3) is 5.70 Å². The van der Waals surface area contributed by atoms with Gasteiger partial charge in [0, 0.05) is 22.9 Å². The molecule has 1 atom stereocenters. The van der Waals surface area contributed by atoms with E-state index in [-0.39, 0.29) is 0 Å². The number of hydrogen-bond acceptors (Lipinski definition) is 2. The monoisotopic (exact) mass is 310 g/mol. The average molecular weight is 312 g/mol. The fraction of sp³-hybridized carbons (Fsp3) is 0.0833. The lowest BCUT2D eigenvalue weighted by Gasteiger charge is -2.19. The summed E-state index contributed by atoms with van der Waals surface area (Å²) in [6, 6.07) is 7.76. The molecule has 86 valence electrons. The molecule has 0 amide bonds. The number of quaternary nitrogens is 1. The standard InChI is InChI=1S/C12H9BrClN3/c13-17-6-5-12-15-11(7-16(12)8-17)9-1-3-10(14)4-2-9/h1-7H,8H2/p+1. The lowest BCUT2D eigenvalue weighted by Crippen LogP contribution is -3.11. The lowest BCUT2D eigenvalue weighted by atomic mass is 10.2. The van der Waals surface area contributed by atoms with Crippen LogP contribution in [-0.2, 0) is 0 Å². The highest BCUT2D eigenvalue weighted by Gasteiger charge is 2.26. The Morgan fingerprint density at radius 1 is 1.29 bits per heavy atom. The molecule has 0 bridgehead atoms. The van der Waals surface area contributed by atoms with Gasteiger partial charge < -0.3 is 0 Å². The molecule has 17 heavy (non-hydrogen) atoms. The molecule has 0 radical (unpaired) electrons. The maximum atomic E-state index is 5.87. The first-order valence-corrected chi connectivity index (χ1v) is 6.34. The van der Waals surface area contributed by atoms with Crippen molar-refractivity contribution in [2.45, 2.75) is 0 Å². The minimum Gasteiger partial charge on any atom is -0.266 e. The number of nitrogens with one attached hydrogen (secondary N) is 1. The molecule has 0 fully saturated rings. The van der Waals surface area contributed by atoms with Crippen molar-refractivity contribution in [3.05, 3.63) is 53.3 Å². The van der Waals surface area contributed by atoms with E-state index in [1.54, 1.807) is 0 Å². The Labute approximate surface area is 113 Å². The molecule has 2 heterocycles. The SMILES string of the molecule is Clc1ccc(C2=C[NH+]3CN(Br)C=CC3=N2)cc1. The number of fused-ring (bicyclic) bond motifs is 1. The zero-order valence-corrected chi connectivity index (χ0v) is 11.2. The van der Waals surface area contributed by atoms with Gasteiger partial charge in [0.2, 0.25) is 5.84 Å². The molecular formula is C12H10BrClN3+. The second-order valence-electron chi connectivity index (χ2n) is 3.93. The summed E-state index contributed by atoms with van der Waals surface area (Å²) in [5.74, 6) is 1.05. The summed E-state index contributed by atoms with van der Waals surface area (Å²) in [4.78, 5) is 5.84. The van der Waals surface area contributed by atoms with Crippen LogP contribution in [0.1, 0.15) is 5.56 Å². The Morgan fingerprint density at radius 3 is 2.82 bits per heavy atom. The fourth-order valence-electron chi connectivity index (χ4n) is 1.88. The molecule has 3 nitrogen and oxygen atoms in total. The van der Waals surface area contributed by atoms with Crippen molar-refractivity contribution >= 4 is 39.3 Å². The Morgan fingerprint density at radius 2 is 2.06 bits per heavy atom. The molecule has 0 aliphatic carbocycles. The largest absolute Gasteiger partial charge is 0.266 e. The first-order chi connectivity index (χ1) is 8.22. The van der Waals surface area contributed by atoms with E-state index >= 15 is 0 Å². The first-order valence-electron chi connectivity index (χ1n) is 5.25. The van der Waals surface area contributed by atoms with Gasteiger partial charge in [-0.3, -0.25) is 3.93 Å². The third-order valence-electron chi connectivity index (χ3n) is 2.74. The van der Waals surface area contributed by atoms with Crippen molar-refractivity contribution in [3.8, 4) is 0 Å². The second-order valence-corrected chi connectivity index (χ2v) is 5.28. The molecular weight excluding hydrogens is 302 g/mol. The van der Waals surface area contributed by atoms with Gasteiger partial charge in [-0.05, 0) is 12.1 Å². The minimum atomic E-state index is 0.747. The molecule has 1 aromatic carbocycles. The summed E-state index contributed by atoms with van der Waals surface area (Å²) in [6.07, 6.45) is 6.10. The highest BCUT2D eigenvalue weighted by atomic mass is 79.9. The van der Waals surface area contributed by atoms with Crippen molar-refractivity contribution in [2.75, 3.05) is 6.67 Å². The van der Waals surface area contributed by atoms with Gasteiger partial charge in [-0.1, -0.05) is 23.7 Å². The van der Waals surface area contributed by atoms with Gasteiger partial charge in [-0.15, -0.1) is 0 Å². The van der Waals surface area contributed by atoms with E-state index in [0.717, 1.165) is 28.8 Å². The molecule has 2 aliphatic rings. The van der Waals surface area contributed by atoms with Crippen LogP contribution in [-0.4, -0.2) is 16.4 Å². The normalized spacial score (nSPS) is 22.2. The number of benzene rings is 1. The summed E-state index contributed by atoms with van der Waals surface area (Å²) in [5, 5.41) is 0.747. The zero-order chi connectivity index (χ0) is 11.8. The fourth-order valence-corrected chi connectivity index (χ4v) is 2.39. The van der Waals surface area contributed by atoms with E-state index < -0.39 is 0 Å². The molecule has 1 aromatic rings. The van der Waals surface area contributed by atoms with E-state index in [2.05, 4.69) is 27.3 Å².